The summed E-state index contributed by atoms with van der Waals surface area (Å²) in [5.41, 5.74) is 0. The Morgan fingerprint density at radius 1 is 1.30 bits per heavy atom. The largest absolute Gasteiger partial charge is 0.478 e. The summed E-state index contributed by atoms with van der Waals surface area (Å²) in [4.78, 5) is 21.8. The van der Waals surface area contributed by atoms with Gasteiger partial charge in [-0.2, -0.15) is 0 Å². The first-order valence-electron chi connectivity index (χ1n) is 2.66. The van der Waals surface area contributed by atoms with Gasteiger partial charge < -0.3 is 10.0 Å². The van der Waals surface area contributed by atoms with Crippen molar-refractivity contribution in [2.24, 2.45) is 0 Å². The maximum atomic E-state index is 10.6. The van der Waals surface area contributed by atoms with E-state index in [1.807, 2.05) is 0 Å². The molecule has 0 aliphatic carbocycles. The molecule has 0 bridgehead atoms. The maximum Gasteiger partial charge on any atom is 0.328 e. The molecule has 1 N–H and O–H groups in total. The van der Waals surface area contributed by atoms with Crippen LogP contribution in [0.5, 0.6) is 0 Å². The molecule has 0 rings (SSSR count). The molecule has 0 aromatic rings. The smallest absolute Gasteiger partial charge is 0.328 e. The first-order valence-corrected chi connectivity index (χ1v) is 2.66. The van der Waals surface area contributed by atoms with Crippen LogP contribution in [0.25, 0.3) is 0 Å². The van der Waals surface area contributed by atoms with Crippen molar-refractivity contribution in [1.29, 1.82) is 0 Å². The number of likely N-dealkylation sites (N-methyl/N-ethyl adjacent to an activating group) is 1. The van der Waals surface area contributed by atoms with Gasteiger partial charge in [0.1, 0.15) is 0 Å². The predicted molar refractivity (Wildman–Crippen MR) is 35.5 cm³/mol. The van der Waals surface area contributed by atoms with E-state index >= 15 is 0 Å². The zero-order valence-electron chi connectivity index (χ0n) is 5.87. The van der Waals surface area contributed by atoms with Crippen LogP contribution < -0.4 is 0 Å². The van der Waals surface area contributed by atoms with Crippen molar-refractivity contribution in [1.82, 2.24) is 4.90 Å². The second kappa shape index (κ2) is 3.66. The molecule has 0 saturated carbocycles. The molecule has 4 nitrogen and oxygen atoms in total. The predicted octanol–water partition coefficient (Wildman–Crippen LogP) is -0.285. The van der Waals surface area contributed by atoms with Crippen LogP contribution in [0.1, 0.15) is 0 Å². The van der Waals surface area contributed by atoms with Crippen molar-refractivity contribution in [3.05, 3.63) is 12.2 Å². The second-order valence-corrected chi connectivity index (χ2v) is 1.90. The van der Waals surface area contributed by atoms with Gasteiger partial charge in [-0.05, 0) is 0 Å². The SMILES string of the molecule is CN(C)C(=O)/C=C\C(=O)O. The molecule has 0 aliphatic heterocycles. The fourth-order valence-electron chi connectivity index (χ4n) is 0.292. The van der Waals surface area contributed by atoms with Gasteiger partial charge in [0.25, 0.3) is 0 Å². The molecule has 10 heavy (non-hydrogen) atoms. The fraction of sp³-hybridized carbons (Fsp3) is 0.333. The van der Waals surface area contributed by atoms with Crippen molar-refractivity contribution in [3.63, 3.8) is 0 Å². The van der Waals surface area contributed by atoms with Gasteiger partial charge in [0.05, 0.1) is 0 Å². The highest BCUT2D eigenvalue weighted by molar-refractivity contribution is 5.93. The summed E-state index contributed by atoms with van der Waals surface area (Å²) in [6, 6.07) is 0. The Morgan fingerprint density at radius 2 is 1.80 bits per heavy atom. The fourth-order valence-corrected chi connectivity index (χ4v) is 0.292. The standard InChI is InChI=1S/C6H9NO3/c1-7(2)5(8)3-4-6(9)10/h3-4H,1-2H3,(H,9,10)/b4-3-. The minimum atomic E-state index is -1.12. The van der Waals surface area contributed by atoms with Gasteiger partial charge in [-0.3, -0.25) is 4.79 Å². The Labute approximate surface area is 58.8 Å². The number of hydrogen-bond donors (Lipinski definition) is 1. The molecule has 0 fully saturated rings. The lowest BCUT2D eigenvalue weighted by molar-refractivity contribution is -0.132. The number of carboxylic acids is 1. The number of carboxylic acid groups (broad SMARTS) is 1. The van der Waals surface area contributed by atoms with E-state index in [2.05, 4.69) is 0 Å². The molecule has 0 radical (unpaired) electrons. The van der Waals surface area contributed by atoms with E-state index < -0.39 is 5.97 Å². The van der Waals surface area contributed by atoms with Gasteiger partial charge >= 0.3 is 5.97 Å². The Hall–Kier alpha value is -1.32. The molecule has 0 aliphatic rings. The number of rotatable bonds is 2. The van der Waals surface area contributed by atoms with Crippen molar-refractivity contribution >= 4 is 11.9 Å². The summed E-state index contributed by atoms with van der Waals surface area (Å²) in [5, 5.41) is 8.09. The molecule has 0 unspecified atom stereocenters. The third-order valence-corrected chi connectivity index (χ3v) is 0.809. The molecule has 0 atom stereocenters. The zero-order valence-corrected chi connectivity index (χ0v) is 5.87. The average Bonchev–Trinajstić information content (AvgIpc) is 1.82. The van der Waals surface area contributed by atoms with E-state index in [1.54, 1.807) is 14.1 Å². The Morgan fingerprint density at radius 3 is 2.10 bits per heavy atom. The van der Waals surface area contributed by atoms with Crippen molar-refractivity contribution in [2.75, 3.05) is 14.1 Å². The molecule has 0 spiro atoms. The summed E-state index contributed by atoms with van der Waals surface area (Å²) in [5.74, 6) is -1.45. The highest BCUT2D eigenvalue weighted by atomic mass is 16.4. The molecule has 0 aromatic carbocycles. The monoisotopic (exact) mass is 143 g/mol. The van der Waals surface area contributed by atoms with Crippen LogP contribution >= 0.6 is 0 Å². The van der Waals surface area contributed by atoms with E-state index in [0.29, 0.717) is 0 Å². The zero-order chi connectivity index (χ0) is 8.15. The van der Waals surface area contributed by atoms with Gasteiger partial charge in [0.15, 0.2) is 0 Å². The van der Waals surface area contributed by atoms with E-state index in [9.17, 15) is 9.59 Å². The first-order chi connectivity index (χ1) is 4.54. The Balaban J connectivity index is 3.90. The maximum absolute atomic E-state index is 10.6. The van der Waals surface area contributed by atoms with E-state index in [1.165, 1.54) is 4.90 Å². The second-order valence-electron chi connectivity index (χ2n) is 1.90. The number of carbonyl (C=O) groups is 2. The van der Waals surface area contributed by atoms with Crippen LogP contribution in [0.4, 0.5) is 0 Å². The Bertz CT molecular complexity index is 172. The van der Waals surface area contributed by atoms with Crippen LogP contribution in [0.2, 0.25) is 0 Å². The molecule has 4 heteroatoms. The number of amides is 1. The van der Waals surface area contributed by atoms with Crippen molar-refractivity contribution in [2.45, 2.75) is 0 Å². The minimum Gasteiger partial charge on any atom is -0.478 e. The molecular weight excluding hydrogens is 134 g/mol. The molecule has 0 saturated heterocycles. The van der Waals surface area contributed by atoms with Gasteiger partial charge in [0, 0.05) is 26.2 Å². The number of nitrogens with zero attached hydrogens (tertiary/aromatic N) is 1. The summed E-state index contributed by atoms with van der Waals surface area (Å²) in [6.45, 7) is 0. The molecule has 1 amide bonds. The lowest BCUT2D eigenvalue weighted by atomic mass is 10.4. The van der Waals surface area contributed by atoms with E-state index in [4.69, 9.17) is 5.11 Å². The van der Waals surface area contributed by atoms with Crippen LogP contribution in [0, 0.1) is 0 Å². The average molecular weight is 143 g/mol. The van der Waals surface area contributed by atoms with Crippen molar-refractivity contribution < 1.29 is 14.7 Å². The molecule has 0 heterocycles. The van der Waals surface area contributed by atoms with Crippen LogP contribution in [-0.2, 0) is 9.59 Å². The first kappa shape index (κ1) is 8.68. The van der Waals surface area contributed by atoms with Gasteiger partial charge in [-0.15, -0.1) is 0 Å². The normalized spacial score (nSPS) is 9.80. The Kier molecular flexibility index (Phi) is 3.17. The summed E-state index contributed by atoms with van der Waals surface area (Å²) in [6.07, 6.45) is 1.81. The number of hydrogen-bond acceptors (Lipinski definition) is 2. The van der Waals surface area contributed by atoms with Gasteiger partial charge in [0.2, 0.25) is 5.91 Å². The number of carbonyl (C=O) groups excluding carboxylic acids is 1. The van der Waals surface area contributed by atoms with E-state index in [0.717, 1.165) is 12.2 Å². The molecule has 0 aromatic heterocycles. The van der Waals surface area contributed by atoms with Gasteiger partial charge in [-0.1, -0.05) is 0 Å². The van der Waals surface area contributed by atoms with Crippen LogP contribution in [-0.4, -0.2) is 36.0 Å². The highest BCUT2D eigenvalue weighted by Gasteiger charge is 1.97. The van der Waals surface area contributed by atoms with Crippen LogP contribution in [0.3, 0.4) is 0 Å². The van der Waals surface area contributed by atoms with Gasteiger partial charge in [-0.25, -0.2) is 4.79 Å². The summed E-state index contributed by atoms with van der Waals surface area (Å²) >= 11 is 0. The highest BCUT2D eigenvalue weighted by Crippen LogP contribution is 1.80. The summed E-state index contributed by atoms with van der Waals surface area (Å²) in [7, 11) is 3.10. The lowest BCUT2D eigenvalue weighted by Gasteiger charge is -2.03. The third-order valence-electron chi connectivity index (χ3n) is 0.809. The summed E-state index contributed by atoms with van der Waals surface area (Å²) < 4.78 is 0. The quantitative estimate of drug-likeness (QED) is 0.540. The number of aliphatic carboxylic acids is 1. The molecule has 56 valence electrons. The topological polar surface area (TPSA) is 57.6 Å². The van der Waals surface area contributed by atoms with Crippen molar-refractivity contribution in [3.8, 4) is 0 Å². The third kappa shape index (κ3) is 3.65. The minimum absolute atomic E-state index is 0.331. The van der Waals surface area contributed by atoms with Crippen LogP contribution in [0.15, 0.2) is 12.2 Å². The molecular formula is C6H9NO3. The lowest BCUT2D eigenvalue weighted by Crippen LogP contribution is -2.19. The van der Waals surface area contributed by atoms with E-state index in [-0.39, 0.29) is 5.91 Å².